The Morgan fingerprint density at radius 3 is 2.33 bits per heavy atom. The molecule has 0 atom stereocenters. The van der Waals surface area contributed by atoms with Gasteiger partial charge in [-0.15, -0.1) is 0 Å². The van der Waals surface area contributed by atoms with E-state index in [0.717, 1.165) is 11.8 Å². The maximum Gasteiger partial charge on any atom is 0.251 e. The summed E-state index contributed by atoms with van der Waals surface area (Å²) in [5, 5.41) is 3.88. The molecule has 174 valence electrons. The van der Waals surface area contributed by atoms with Crippen LogP contribution < -0.4 is 14.4 Å². The molecule has 0 aliphatic heterocycles. The van der Waals surface area contributed by atoms with Crippen molar-refractivity contribution in [2.75, 3.05) is 23.7 Å². The van der Waals surface area contributed by atoms with Gasteiger partial charge in [0.2, 0.25) is 10.0 Å². The smallest absolute Gasteiger partial charge is 0.251 e. The summed E-state index contributed by atoms with van der Waals surface area (Å²) in [6, 6.07) is 18.8. The van der Waals surface area contributed by atoms with Gasteiger partial charge >= 0.3 is 0 Å². The monoisotopic (exact) mass is 506 g/mol. The summed E-state index contributed by atoms with van der Waals surface area (Å²) in [6.07, 6.45) is 1.13. The van der Waals surface area contributed by atoms with Gasteiger partial charge in [0.25, 0.3) is 5.91 Å². The zero-order valence-corrected chi connectivity index (χ0v) is 20.5. The van der Waals surface area contributed by atoms with Crippen molar-refractivity contribution in [3.8, 4) is 5.75 Å². The quantitative estimate of drug-likeness (QED) is 0.410. The number of carbonyl (C=O) groups is 1. The van der Waals surface area contributed by atoms with Gasteiger partial charge in [-0.25, -0.2) is 8.42 Å². The van der Waals surface area contributed by atoms with Crippen molar-refractivity contribution < 1.29 is 17.9 Å². The molecule has 0 radical (unpaired) electrons. The number of aryl methyl sites for hydroxylation is 1. The molecule has 0 aliphatic carbocycles. The first-order chi connectivity index (χ1) is 15.6. The van der Waals surface area contributed by atoms with Crippen LogP contribution in [0.4, 0.5) is 5.69 Å². The predicted molar refractivity (Wildman–Crippen MR) is 133 cm³/mol. The Bertz CT molecular complexity index is 1230. The van der Waals surface area contributed by atoms with Crippen molar-refractivity contribution >= 4 is 44.8 Å². The molecule has 0 bridgehead atoms. The second-order valence-electron chi connectivity index (χ2n) is 7.42. The summed E-state index contributed by atoms with van der Waals surface area (Å²) in [6.45, 7) is 2.57. The summed E-state index contributed by atoms with van der Waals surface area (Å²) >= 11 is 12.3. The minimum Gasteiger partial charge on any atom is -0.492 e. The third kappa shape index (κ3) is 6.87. The molecule has 1 amide bonds. The van der Waals surface area contributed by atoms with Gasteiger partial charge in [-0.05, 0) is 60.5 Å². The van der Waals surface area contributed by atoms with E-state index in [9.17, 15) is 13.2 Å². The Labute approximate surface area is 204 Å². The molecule has 0 unspecified atom stereocenters. The Balaban J connectivity index is 1.60. The van der Waals surface area contributed by atoms with E-state index in [2.05, 4.69) is 5.32 Å². The van der Waals surface area contributed by atoms with Crippen molar-refractivity contribution in [2.45, 2.75) is 13.5 Å². The van der Waals surface area contributed by atoms with E-state index in [0.29, 0.717) is 39.2 Å². The maximum atomic E-state index is 12.4. The summed E-state index contributed by atoms with van der Waals surface area (Å²) < 4.78 is 31.6. The summed E-state index contributed by atoms with van der Waals surface area (Å²) in [7, 11) is -3.57. The minimum atomic E-state index is -3.57. The van der Waals surface area contributed by atoms with E-state index >= 15 is 0 Å². The largest absolute Gasteiger partial charge is 0.492 e. The van der Waals surface area contributed by atoms with Crippen LogP contribution in [0.3, 0.4) is 0 Å². The number of nitrogens with one attached hydrogen (secondary N) is 1. The van der Waals surface area contributed by atoms with E-state index in [4.69, 9.17) is 27.9 Å². The Morgan fingerprint density at radius 1 is 1.00 bits per heavy atom. The highest BCUT2D eigenvalue weighted by Crippen LogP contribution is 2.25. The molecular weight excluding hydrogens is 483 g/mol. The molecule has 0 fully saturated rings. The van der Waals surface area contributed by atoms with Crippen molar-refractivity contribution in [2.24, 2.45) is 0 Å². The molecule has 3 aromatic carbocycles. The first kappa shape index (κ1) is 24.9. The average molecular weight is 507 g/mol. The fourth-order valence-electron chi connectivity index (χ4n) is 3.06. The van der Waals surface area contributed by atoms with Crippen LogP contribution in [0, 0.1) is 6.92 Å². The fourth-order valence-corrected chi connectivity index (χ4v) is 4.30. The number of carbonyl (C=O) groups excluding carboxylic acids is 1. The standard InChI is InChI=1S/C24H24Cl2N2O4S/c1-17-7-12-21(15-23(17)26)32-14-13-27-24(29)18-8-10-20(11-9-18)28(33(2,30)31)16-19-5-3-4-6-22(19)25/h3-12,15H,13-14,16H2,1-2H3,(H,27,29). The Kier molecular flexibility index (Phi) is 8.24. The summed E-state index contributed by atoms with van der Waals surface area (Å²) in [4.78, 5) is 12.4. The number of ether oxygens (including phenoxy) is 1. The second-order valence-corrected chi connectivity index (χ2v) is 10.1. The lowest BCUT2D eigenvalue weighted by Crippen LogP contribution is -2.30. The second kappa shape index (κ2) is 10.9. The van der Waals surface area contributed by atoms with E-state index in [1.165, 1.54) is 4.31 Å². The van der Waals surface area contributed by atoms with E-state index in [1.807, 2.05) is 19.1 Å². The van der Waals surface area contributed by atoms with Gasteiger partial charge in [0.15, 0.2) is 0 Å². The number of hydrogen-bond acceptors (Lipinski definition) is 4. The Hall–Kier alpha value is -2.74. The SMILES string of the molecule is Cc1ccc(OCCNC(=O)c2ccc(N(Cc3ccccc3Cl)S(C)(=O)=O)cc2)cc1Cl. The minimum absolute atomic E-state index is 0.0877. The highest BCUT2D eigenvalue weighted by molar-refractivity contribution is 7.92. The van der Waals surface area contributed by atoms with Crippen LogP contribution in [0.25, 0.3) is 0 Å². The van der Waals surface area contributed by atoms with Crippen LogP contribution >= 0.6 is 23.2 Å². The number of amides is 1. The van der Waals surface area contributed by atoms with E-state index in [-0.39, 0.29) is 19.1 Å². The molecule has 0 aliphatic rings. The van der Waals surface area contributed by atoms with Gasteiger partial charge in [-0.1, -0.05) is 47.5 Å². The zero-order valence-electron chi connectivity index (χ0n) is 18.2. The van der Waals surface area contributed by atoms with Crippen LogP contribution in [-0.4, -0.2) is 33.7 Å². The highest BCUT2D eigenvalue weighted by Gasteiger charge is 2.19. The number of hydrogen-bond donors (Lipinski definition) is 1. The topological polar surface area (TPSA) is 75.7 Å². The third-order valence-electron chi connectivity index (χ3n) is 4.89. The molecule has 0 heterocycles. The lowest BCUT2D eigenvalue weighted by Gasteiger charge is -2.23. The summed E-state index contributed by atoms with van der Waals surface area (Å²) in [5.74, 6) is 0.340. The third-order valence-corrected chi connectivity index (χ3v) is 6.81. The normalized spacial score (nSPS) is 11.2. The number of halogens is 2. The van der Waals surface area contributed by atoms with Crippen molar-refractivity contribution in [1.82, 2.24) is 5.32 Å². The molecule has 0 spiro atoms. The molecule has 6 nitrogen and oxygen atoms in total. The van der Waals surface area contributed by atoms with Crippen LogP contribution in [0.2, 0.25) is 10.0 Å². The molecule has 0 aromatic heterocycles. The molecule has 0 saturated carbocycles. The average Bonchev–Trinajstić information content (AvgIpc) is 2.77. The fraction of sp³-hybridized carbons (Fsp3) is 0.208. The van der Waals surface area contributed by atoms with Crippen molar-refractivity contribution in [3.63, 3.8) is 0 Å². The van der Waals surface area contributed by atoms with Gasteiger partial charge in [0.05, 0.1) is 25.0 Å². The number of rotatable bonds is 9. The maximum absolute atomic E-state index is 12.4. The number of nitrogens with zero attached hydrogens (tertiary/aromatic N) is 1. The molecule has 9 heteroatoms. The molecule has 1 N–H and O–H groups in total. The molecule has 33 heavy (non-hydrogen) atoms. The first-order valence-corrected chi connectivity index (χ1v) is 12.7. The lowest BCUT2D eigenvalue weighted by atomic mass is 10.1. The molecular formula is C24H24Cl2N2O4S. The van der Waals surface area contributed by atoms with Crippen LogP contribution in [0.1, 0.15) is 21.5 Å². The van der Waals surface area contributed by atoms with Crippen LogP contribution in [0.15, 0.2) is 66.7 Å². The first-order valence-electron chi connectivity index (χ1n) is 10.1. The molecule has 0 saturated heterocycles. The number of benzene rings is 3. The van der Waals surface area contributed by atoms with Gasteiger partial charge < -0.3 is 10.1 Å². The molecule has 3 rings (SSSR count). The van der Waals surface area contributed by atoms with Crippen LogP contribution in [-0.2, 0) is 16.6 Å². The zero-order chi connectivity index (χ0) is 24.0. The predicted octanol–water partition coefficient (Wildman–Crippen LogP) is 5.08. The summed E-state index contributed by atoms with van der Waals surface area (Å²) in [5.41, 5.74) is 2.49. The van der Waals surface area contributed by atoms with Gasteiger partial charge in [-0.2, -0.15) is 0 Å². The highest BCUT2D eigenvalue weighted by atomic mass is 35.5. The Morgan fingerprint density at radius 2 is 1.70 bits per heavy atom. The van der Waals surface area contributed by atoms with E-state index in [1.54, 1.807) is 54.6 Å². The van der Waals surface area contributed by atoms with Gasteiger partial charge in [-0.3, -0.25) is 9.10 Å². The van der Waals surface area contributed by atoms with Crippen LogP contribution in [0.5, 0.6) is 5.75 Å². The number of anilines is 1. The van der Waals surface area contributed by atoms with Crippen molar-refractivity contribution in [1.29, 1.82) is 0 Å². The van der Waals surface area contributed by atoms with Crippen molar-refractivity contribution in [3.05, 3.63) is 93.5 Å². The van der Waals surface area contributed by atoms with Gasteiger partial charge in [0.1, 0.15) is 12.4 Å². The van der Waals surface area contributed by atoms with E-state index < -0.39 is 10.0 Å². The lowest BCUT2D eigenvalue weighted by molar-refractivity contribution is 0.0947. The number of sulfonamides is 1. The molecule has 3 aromatic rings. The van der Waals surface area contributed by atoms with Gasteiger partial charge in [0, 0.05) is 15.6 Å².